The largest absolute Gasteiger partial charge is 0.381 e. The van der Waals surface area contributed by atoms with Gasteiger partial charge in [-0.3, -0.25) is 0 Å². The second kappa shape index (κ2) is 20.6. The van der Waals surface area contributed by atoms with Gasteiger partial charge in [0.05, 0.1) is 0 Å². The van der Waals surface area contributed by atoms with E-state index in [1.165, 1.54) is 25.7 Å². The van der Waals surface area contributed by atoms with Crippen LogP contribution in [0, 0.1) is 11.3 Å². The number of aldehydes is 1. The fourth-order valence-corrected chi connectivity index (χ4v) is 2.54. The predicted octanol–water partition coefficient (Wildman–Crippen LogP) is 5.87. The summed E-state index contributed by atoms with van der Waals surface area (Å²) in [7, 11) is 2.07. The molecule has 1 heterocycles. The number of hydrogen-bond donors (Lipinski definition) is 1. The average molecular weight is 346 g/mol. The van der Waals surface area contributed by atoms with Crippen molar-refractivity contribution in [1.29, 1.82) is 0 Å². The first kappa shape index (κ1) is 28.4. The molecule has 0 atom stereocenters. The fourth-order valence-electron chi connectivity index (χ4n) is 2.54. The Morgan fingerprint density at radius 2 is 1.29 bits per heavy atom. The molecule has 0 unspecified atom stereocenters. The molecule has 1 saturated carbocycles. The van der Waals surface area contributed by atoms with Gasteiger partial charge in [-0.1, -0.05) is 55.4 Å². The van der Waals surface area contributed by atoms with Crippen LogP contribution in [0.1, 0.15) is 93.9 Å². The molecule has 0 aromatic rings. The topological polar surface area (TPSA) is 38.3 Å². The summed E-state index contributed by atoms with van der Waals surface area (Å²) in [5, 5.41) is 3.34. The lowest BCUT2D eigenvalue weighted by molar-refractivity contribution is -0.113. The van der Waals surface area contributed by atoms with E-state index < -0.39 is 0 Å². The number of rotatable bonds is 2. The van der Waals surface area contributed by atoms with Crippen LogP contribution < -0.4 is 5.32 Å². The van der Waals surface area contributed by atoms with E-state index >= 15 is 0 Å². The second-order valence-electron chi connectivity index (χ2n) is 6.31. The Labute approximate surface area is 153 Å². The molecule has 3 nitrogen and oxygen atoms in total. The van der Waals surface area contributed by atoms with E-state index in [1.54, 1.807) is 0 Å². The van der Waals surface area contributed by atoms with Gasteiger partial charge in [0.1, 0.15) is 6.29 Å². The third-order valence-corrected chi connectivity index (χ3v) is 4.21. The van der Waals surface area contributed by atoms with Gasteiger partial charge in [0.15, 0.2) is 0 Å². The van der Waals surface area contributed by atoms with Gasteiger partial charge in [0.25, 0.3) is 0 Å². The Balaban J connectivity index is -0.000000284. The van der Waals surface area contributed by atoms with Crippen molar-refractivity contribution in [2.75, 3.05) is 20.3 Å². The SMILES string of the molecule is CC.CC.CC.CNC1CCC(C)(C)CC1.O=CC1CCOCC1. The Morgan fingerprint density at radius 3 is 1.58 bits per heavy atom. The van der Waals surface area contributed by atoms with Crippen molar-refractivity contribution in [3.8, 4) is 0 Å². The predicted molar refractivity (Wildman–Crippen MR) is 109 cm³/mol. The van der Waals surface area contributed by atoms with Crippen molar-refractivity contribution in [3.63, 3.8) is 0 Å². The first-order valence-electron chi connectivity index (χ1n) is 10.3. The van der Waals surface area contributed by atoms with Crippen molar-refractivity contribution < 1.29 is 9.53 Å². The van der Waals surface area contributed by atoms with E-state index in [9.17, 15) is 4.79 Å². The molecule has 2 aliphatic rings. The molecule has 1 N–H and O–H groups in total. The van der Waals surface area contributed by atoms with Crippen LogP contribution in [0.25, 0.3) is 0 Å². The molecule has 0 radical (unpaired) electrons. The molecule has 3 heteroatoms. The first-order valence-corrected chi connectivity index (χ1v) is 10.3. The summed E-state index contributed by atoms with van der Waals surface area (Å²) in [4.78, 5) is 10.1. The average Bonchev–Trinajstić information content (AvgIpc) is 2.68. The zero-order valence-electron chi connectivity index (χ0n) is 18.2. The Bertz CT molecular complexity index is 226. The minimum Gasteiger partial charge on any atom is -0.381 e. The molecule has 0 aromatic carbocycles. The molecule has 24 heavy (non-hydrogen) atoms. The number of carbonyl (C=O) groups is 1. The molecule has 1 aliphatic carbocycles. The molecule has 1 saturated heterocycles. The normalized spacial score (nSPS) is 19.5. The van der Waals surface area contributed by atoms with Crippen molar-refractivity contribution >= 4 is 6.29 Å². The zero-order chi connectivity index (χ0) is 19.4. The molecule has 2 rings (SSSR count). The van der Waals surface area contributed by atoms with Gasteiger partial charge in [-0.05, 0) is 51.0 Å². The van der Waals surface area contributed by atoms with E-state index in [-0.39, 0.29) is 5.92 Å². The van der Waals surface area contributed by atoms with E-state index in [4.69, 9.17) is 4.74 Å². The Hall–Kier alpha value is -0.410. The Kier molecular flexibility index (Phi) is 24.4. The highest BCUT2D eigenvalue weighted by atomic mass is 16.5. The lowest BCUT2D eigenvalue weighted by Gasteiger charge is -2.33. The monoisotopic (exact) mass is 345 g/mol. The quantitative estimate of drug-likeness (QED) is 0.636. The molecule has 1 aliphatic heterocycles. The smallest absolute Gasteiger partial charge is 0.123 e. The lowest BCUT2D eigenvalue weighted by atomic mass is 9.76. The Morgan fingerprint density at radius 1 is 0.875 bits per heavy atom. The molecule has 2 fully saturated rings. The number of nitrogens with one attached hydrogen (secondary N) is 1. The highest BCUT2D eigenvalue weighted by Gasteiger charge is 2.25. The van der Waals surface area contributed by atoms with Gasteiger partial charge >= 0.3 is 0 Å². The number of carbonyl (C=O) groups excluding carboxylic acids is 1. The summed E-state index contributed by atoms with van der Waals surface area (Å²) < 4.78 is 5.04. The van der Waals surface area contributed by atoms with Crippen LogP contribution in [0.15, 0.2) is 0 Å². The highest BCUT2D eigenvalue weighted by Crippen LogP contribution is 2.34. The maximum absolute atomic E-state index is 10.1. The van der Waals surface area contributed by atoms with E-state index in [2.05, 4.69) is 26.2 Å². The van der Waals surface area contributed by atoms with E-state index in [0.29, 0.717) is 5.41 Å². The summed E-state index contributed by atoms with van der Waals surface area (Å²) >= 11 is 0. The van der Waals surface area contributed by atoms with E-state index in [1.807, 2.05) is 41.5 Å². The summed E-state index contributed by atoms with van der Waals surface area (Å²) in [6, 6.07) is 0.799. The molecule has 0 spiro atoms. The fraction of sp³-hybridized carbons (Fsp3) is 0.952. The van der Waals surface area contributed by atoms with Crippen molar-refractivity contribution in [2.24, 2.45) is 11.3 Å². The molecule has 148 valence electrons. The summed E-state index contributed by atoms with van der Waals surface area (Å²) in [6.07, 6.45) is 8.37. The van der Waals surface area contributed by atoms with Crippen LogP contribution in [-0.2, 0) is 9.53 Å². The first-order chi connectivity index (χ1) is 11.6. The minimum atomic E-state index is 0.281. The van der Waals surface area contributed by atoms with Gasteiger partial charge in [-0.15, -0.1) is 0 Å². The third-order valence-electron chi connectivity index (χ3n) is 4.21. The lowest BCUT2D eigenvalue weighted by Crippen LogP contribution is -2.33. The van der Waals surface area contributed by atoms with Crippen LogP contribution in [0.5, 0.6) is 0 Å². The van der Waals surface area contributed by atoms with Crippen molar-refractivity contribution in [2.45, 2.75) is 100.0 Å². The number of ether oxygens (including phenoxy) is 1. The van der Waals surface area contributed by atoms with E-state index in [0.717, 1.165) is 38.4 Å². The van der Waals surface area contributed by atoms with Crippen LogP contribution in [0.4, 0.5) is 0 Å². The molecular formula is C21H47NO2. The summed E-state index contributed by atoms with van der Waals surface area (Å²) in [5.74, 6) is 0.281. The second-order valence-corrected chi connectivity index (χ2v) is 6.31. The maximum atomic E-state index is 10.1. The van der Waals surface area contributed by atoms with Gasteiger partial charge in [0.2, 0.25) is 0 Å². The standard InChI is InChI=1S/C9H19N.C6H10O2.3C2H6/c1-9(2)6-4-8(10-3)5-7-9;7-5-6-1-3-8-4-2-6;3*1-2/h8,10H,4-7H2,1-3H3;5-6H,1-4H2;3*1-2H3. The van der Waals surface area contributed by atoms with Gasteiger partial charge in [0, 0.05) is 25.2 Å². The molecule has 0 bridgehead atoms. The van der Waals surface area contributed by atoms with Crippen molar-refractivity contribution in [3.05, 3.63) is 0 Å². The maximum Gasteiger partial charge on any atom is 0.123 e. The van der Waals surface area contributed by atoms with Crippen molar-refractivity contribution in [1.82, 2.24) is 5.32 Å². The molecule has 0 aromatic heterocycles. The van der Waals surface area contributed by atoms with Gasteiger partial charge in [-0.25, -0.2) is 0 Å². The van der Waals surface area contributed by atoms with Crippen LogP contribution in [0.2, 0.25) is 0 Å². The number of hydrogen-bond acceptors (Lipinski definition) is 3. The van der Waals surface area contributed by atoms with Crippen LogP contribution >= 0.6 is 0 Å². The molecule has 0 amide bonds. The van der Waals surface area contributed by atoms with Crippen LogP contribution in [0.3, 0.4) is 0 Å². The zero-order valence-corrected chi connectivity index (χ0v) is 18.2. The van der Waals surface area contributed by atoms with Gasteiger partial charge in [-0.2, -0.15) is 0 Å². The third kappa shape index (κ3) is 16.4. The van der Waals surface area contributed by atoms with Gasteiger partial charge < -0.3 is 14.8 Å². The summed E-state index contributed by atoms with van der Waals surface area (Å²) in [6.45, 7) is 18.3. The molecular weight excluding hydrogens is 298 g/mol. The summed E-state index contributed by atoms with van der Waals surface area (Å²) in [5.41, 5.74) is 0.618. The van der Waals surface area contributed by atoms with Crippen LogP contribution in [-0.4, -0.2) is 32.6 Å². The highest BCUT2D eigenvalue weighted by molar-refractivity contribution is 5.53. The minimum absolute atomic E-state index is 0.281.